The molecule has 5 heteroatoms. The van der Waals surface area contributed by atoms with Crippen molar-refractivity contribution >= 4 is 17.2 Å². The molecule has 2 aromatic heterocycles. The smallest absolute Gasteiger partial charge is 0.157 e. The zero-order valence-corrected chi connectivity index (χ0v) is 9.96. The van der Waals surface area contributed by atoms with Gasteiger partial charge in [0.25, 0.3) is 0 Å². The van der Waals surface area contributed by atoms with E-state index in [1.165, 1.54) is 6.33 Å². The summed E-state index contributed by atoms with van der Waals surface area (Å²) >= 11 is 6.06. The highest BCUT2D eigenvalue weighted by Gasteiger charge is 2.07. The summed E-state index contributed by atoms with van der Waals surface area (Å²) in [5.74, 6) is 0. The number of halogens is 1. The first-order valence-corrected chi connectivity index (χ1v) is 5.65. The Morgan fingerprint density at radius 3 is 2.67 bits per heavy atom. The highest BCUT2D eigenvalue weighted by atomic mass is 35.5. The molecule has 0 saturated heterocycles. The molecule has 3 rings (SSSR count). The van der Waals surface area contributed by atoms with Crippen molar-refractivity contribution in [3.8, 4) is 17.3 Å². The number of nitrogens with zero attached hydrogens (tertiary/aromatic N) is 4. The maximum Gasteiger partial charge on any atom is 0.157 e. The van der Waals surface area contributed by atoms with Gasteiger partial charge in [-0.3, -0.25) is 0 Å². The average Bonchev–Trinajstić information content (AvgIpc) is 2.86. The Balaban J connectivity index is 2.24. The number of hydrogen-bond donors (Lipinski definition) is 0. The van der Waals surface area contributed by atoms with Gasteiger partial charge in [-0.1, -0.05) is 23.7 Å². The number of pyridine rings is 1. The van der Waals surface area contributed by atoms with Crippen molar-refractivity contribution < 1.29 is 0 Å². The Kier molecular flexibility index (Phi) is 2.47. The molecule has 0 unspecified atom stereocenters. The predicted molar refractivity (Wildman–Crippen MR) is 68.1 cm³/mol. The molecule has 0 aliphatic rings. The van der Waals surface area contributed by atoms with Gasteiger partial charge >= 0.3 is 0 Å². The van der Waals surface area contributed by atoms with Crippen LogP contribution in [0, 0.1) is 11.3 Å². The summed E-state index contributed by atoms with van der Waals surface area (Å²) in [6.45, 7) is 0. The molecule has 0 N–H and O–H groups in total. The molecule has 0 fully saturated rings. The van der Waals surface area contributed by atoms with Gasteiger partial charge in [0.05, 0.1) is 17.3 Å². The van der Waals surface area contributed by atoms with Crippen LogP contribution in [0.4, 0.5) is 0 Å². The molecule has 4 nitrogen and oxygen atoms in total. The summed E-state index contributed by atoms with van der Waals surface area (Å²) in [6.07, 6.45) is 1.48. The van der Waals surface area contributed by atoms with Gasteiger partial charge in [-0.15, -0.1) is 0 Å². The standard InChI is InChI=1S/C13H7ClN4/c14-11-5-12(18-13(6-11)16-8-17-18)10-3-1-9(7-15)2-4-10/h1-6,8H. The topological polar surface area (TPSA) is 54.0 Å². The van der Waals surface area contributed by atoms with E-state index >= 15 is 0 Å². The third-order valence-electron chi connectivity index (χ3n) is 2.65. The molecular formula is C13H7ClN4. The van der Waals surface area contributed by atoms with Crippen molar-refractivity contribution in [2.45, 2.75) is 0 Å². The van der Waals surface area contributed by atoms with Gasteiger partial charge in [0.1, 0.15) is 6.33 Å². The summed E-state index contributed by atoms with van der Waals surface area (Å²) in [4.78, 5) is 4.11. The number of hydrogen-bond acceptors (Lipinski definition) is 3. The number of fused-ring (bicyclic) bond motifs is 1. The van der Waals surface area contributed by atoms with Crippen LogP contribution in [0.5, 0.6) is 0 Å². The molecule has 3 aromatic rings. The highest BCUT2D eigenvalue weighted by Crippen LogP contribution is 2.24. The molecule has 0 bridgehead atoms. The van der Waals surface area contributed by atoms with Crippen molar-refractivity contribution in [1.82, 2.24) is 14.6 Å². The van der Waals surface area contributed by atoms with Crippen molar-refractivity contribution in [1.29, 1.82) is 5.26 Å². The van der Waals surface area contributed by atoms with Crippen molar-refractivity contribution in [3.63, 3.8) is 0 Å². The Bertz CT molecular complexity index is 753. The van der Waals surface area contributed by atoms with E-state index in [9.17, 15) is 0 Å². The lowest BCUT2D eigenvalue weighted by Crippen LogP contribution is -1.94. The minimum atomic E-state index is 0.606. The van der Waals surface area contributed by atoms with Crippen molar-refractivity contribution in [2.24, 2.45) is 0 Å². The van der Waals surface area contributed by atoms with Crippen LogP contribution in [0.1, 0.15) is 5.56 Å². The monoisotopic (exact) mass is 254 g/mol. The molecule has 0 radical (unpaired) electrons. The van der Waals surface area contributed by atoms with Gasteiger partial charge in [0, 0.05) is 16.7 Å². The lowest BCUT2D eigenvalue weighted by molar-refractivity contribution is 0.969. The molecule has 0 atom stereocenters. The fourth-order valence-electron chi connectivity index (χ4n) is 1.81. The SMILES string of the molecule is N#Cc1ccc(-c2cc(Cl)cc3ncnn23)cc1. The Morgan fingerprint density at radius 2 is 1.94 bits per heavy atom. The summed E-state index contributed by atoms with van der Waals surface area (Å²) in [5.41, 5.74) is 3.10. The first-order chi connectivity index (χ1) is 8.78. The Labute approximate surface area is 108 Å². The molecule has 0 aliphatic heterocycles. The van der Waals surface area contributed by atoms with Crippen LogP contribution in [-0.4, -0.2) is 14.6 Å². The van der Waals surface area contributed by atoms with E-state index in [2.05, 4.69) is 16.2 Å². The molecule has 0 aliphatic carbocycles. The van der Waals surface area contributed by atoms with E-state index in [1.807, 2.05) is 18.2 Å². The number of nitriles is 1. The second-order valence-electron chi connectivity index (χ2n) is 3.78. The first kappa shape index (κ1) is 10.8. The second kappa shape index (κ2) is 4.13. The third-order valence-corrected chi connectivity index (χ3v) is 2.87. The van der Waals surface area contributed by atoms with Crippen LogP contribution in [0.2, 0.25) is 5.02 Å². The van der Waals surface area contributed by atoms with Gasteiger partial charge in [0.15, 0.2) is 5.65 Å². The average molecular weight is 255 g/mol. The summed E-state index contributed by atoms with van der Waals surface area (Å²) < 4.78 is 1.72. The number of rotatable bonds is 1. The molecule has 0 spiro atoms. The lowest BCUT2D eigenvalue weighted by Gasteiger charge is -2.05. The number of benzene rings is 1. The normalized spacial score (nSPS) is 10.4. The van der Waals surface area contributed by atoms with E-state index < -0.39 is 0 Å². The molecule has 2 heterocycles. The zero-order valence-electron chi connectivity index (χ0n) is 9.21. The minimum Gasteiger partial charge on any atom is -0.215 e. The van der Waals surface area contributed by atoms with Crippen LogP contribution < -0.4 is 0 Å². The van der Waals surface area contributed by atoms with E-state index in [4.69, 9.17) is 16.9 Å². The van der Waals surface area contributed by atoms with E-state index in [0.29, 0.717) is 16.2 Å². The Hall–Kier alpha value is -2.38. The van der Waals surface area contributed by atoms with E-state index in [1.54, 1.807) is 22.7 Å². The summed E-state index contributed by atoms with van der Waals surface area (Å²) in [5, 5.41) is 13.6. The van der Waals surface area contributed by atoms with Crippen LogP contribution in [0.15, 0.2) is 42.7 Å². The lowest BCUT2D eigenvalue weighted by atomic mass is 10.1. The van der Waals surface area contributed by atoms with Gasteiger partial charge < -0.3 is 0 Å². The third kappa shape index (κ3) is 1.71. The van der Waals surface area contributed by atoms with Crippen LogP contribution in [0.25, 0.3) is 16.9 Å². The molecule has 0 amide bonds. The van der Waals surface area contributed by atoms with Gasteiger partial charge in [0.2, 0.25) is 0 Å². The van der Waals surface area contributed by atoms with Gasteiger partial charge in [-0.25, -0.2) is 9.50 Å². The predicted octanol–water partition coefficient (Wildman–Crippen LogP) is 2.92. The number of aromatic nitrogens is 3. The van der Waals surface area contributed by atoms with Crippen LogP contribution in [0.3, 0.4) is 0 Å². The van der Waals surface area contributed by atoms with Crippen molar-refractivity contribution in [3.05, 3.63) is 53.3 Å². The molecule has 86 valence electrons. The maximum absolute atomic E-state index is 8.78. The second-order valence-corrected chi connectivity index (χ2v) is 4.21. The molecular weight excluding hydrogens is 248 g/mol. The zero-order chi connectivity index (χ0) is 12.5. The van der Waals surface area contributed by atoms with E-state index in [0.717, 1.165) is 11.3 Å². The van der Waals surface area contributed by atoms with Crippen LogP contribution >= 0.6 is 11.6 Å². The van der Waals surface area contributed by atoms with Gasteiger partial charge in [-0.2, -0.15) is 10.4 Å². The fraction of sp³-hybridized carbons (Fsp3) is 0. The van der Waals surface area contributed by atoms with E-state index in [-0.39, 0.29) is 0 Å². The first-order valence-electron chi connectivity index (χ1n) is 5.28. The quantitative estimate of drug-likeness (QED) is 0.671. The fourth-order valence-corrected chi connectivity index (χ4v) is 2.01. The molecule has 1 aromatic carbocycles. The Morgan fingerprint density at radius 1 is 1.17 bits per heavy atom. The maximum atomic E-state index is 8.78. The largest absolute Gasteiger partial charge is 0.215 e. The summed E-state index contributed by atoms with van der Waals surface area (Å²) in [7, 11) is 0. The van der Waals surface area contributed by atoms with Crippen molar-refractivity contribution in [2.75, 3.05) is 0 Å². The molecule has 18 heavy (non-hydrogen) atoms. The summed E-state index contributed by atoms with van der Waals surface area (Å²) in [6, 6.07) is 12.9. The van der Waals surface area contributed by atoms with Gasteiger partial charge in [-0.05, 0) is 18.2 Å². The minimum absolute atomic E-state index is 0.606. The molecule has 0 saturated carbocycles. The highest BCUT2D eigenvalue weighted by molar-refractivity contribution is 6.31. The van der Waals surface area contributed by atoms with Crippen LogP contribution in [-0.2, 0) is 0 Å².